The Morgan fingerprint density at radius 2 is 0.698 bits per heavy atom. The van der Waals surface area contributed by atoms with Crippen LogP contribution in [-0.4, -0.2) is 0 Å². The highest BCUT2D eigenvalue weighted by Gasteiger charge is 2.48. The molecule has 10 rings (SSSR count). The Bertz CT molecular complexity index is 2540. The average molecular weight is 677 g/mol. The van der Waals surface area contributed by atoms with Crippen LogP contribution in [0.3, 0.4) is 0 Å². The zero-order valence-corrected chi connectivity index (χ0v) is 30.1. The highest BCUT2D eigenvalue weighted by Crippen LogP contribution is 2.63. The van der Waals surface area contributed by atoms with Gasteiger partial charge >= 0.3 is 0 Å². The fraction of sp³-hybridized carbons (Fsp3) is 0.0943. The second kappa shape index (κ2) is 12.5. The lowest BCUT2D eigenvalue weighted by atomic mass is 9.61. The van der Waals surface area contributed by atoms with Crippen molar-refractivity contribution in [2.75, 3.05) is 0 Å². The molecular weight excluding hydrogens is 637 g/mol. The molecule has 0 spiro atoms. The fourth-order valence-electron chi connectivity index (χ4n) is 9.73. The lowest BCUT2D eigenvalue weighted by Gasteiger charge is -2.42. The topological polar surface area (TPSA) is 0 Å². The van der Waals surface area contributed by atoms with Gasteiger partial charge < -0.3 is 0 Å². The maximum Gasteiger partial charge on any atom is 0.0162 e. The van der Waals surface area contributed by atoms with Crippen molar-refractivity contribution in [3.05, 3.63) is 215 Å². The molecule has 2 aliphatic carbocycles. The summed E-state index contributed by atoms with van der Waals surface area (Å²) in [6, 6.07) is 67.2. The largest absolute Gasteiger partial charge is 0.0622 e. The number of hydrogen-bond donors (Lipinski definition) is 0. The standard InChI is InChI=1S/C53H40/c1-53(2,51-45-31-15-29-43(41-27-13-23-35-21-9-11-25-39(35)41)49(45)33-47(51)37-17-5-3-6-18-37)52-46-32-16-30-44(42-28-14-24-36-22-10-12-26-40(36)42)50(46)34-48(52)38-19-7-4-8-20-38/h3-34,51-52H,1-2H3. The van der Waals surface area contributed by atoms with E-state index in [9.17, 15) is 0 Å². The molecule has 53 heavy (non-hydrogen) atoms. The monoisotopic (exact) mass is 676 g/mol. The molecule has 0 aromatic heterocycles. The smallest absolute Gasteiger partial charge is 0.0162 e. The Labute approximate surface area is 312 Å². The van der Waals surface area contributed by atoms with E-state index >= 15 is 0 Å². The van der Waals surface area contributed by atoms with E-state index in [2.05, 4.69) is 208 Å². The zero-order chi connectivity index (χ0) is 35.5. The summed E-state index contributed by atoms with van der Waals surface area (Å²) >= 11 is 0. The average Bonchev–Trinajstić information content (AvgIpc) is 3.82. The van der Waals surface area contributed by atoms with Gasteiger partial charge in [-0.1, -0.05) is 196 Å². The predicted molar refractivity (Wildman–Crippen MR) is 227 cm³/mol. The SMILES string of the molecule is CC(C)(C1C(c2ccccc2)=Cc2c(-c3cccc4ccccc34)cccc21)C1C(c2ccccc2)=Cc2c(-c3cccc4ccccc34)cccc21. The van der Waals surface area contributed by atoms with Crippen LogP contribution in [0.25, 0.3) is 67.1 Å². The molecule has 252 valence electrons. The van der Waals surface area contributed by atoms with Crippen LogP contribution in [-0.2, 0) is 0 Å². The van der Waals surface area contributed by atoms with Crippen LogP contribution in [0.15, 0.2) is 182 Å². The van der Waals surface area contributed by atoms with Crippen LogP contribution in [0.5, 0.6) is 0 Å². The molecule has 0 amide bonds. The second-order valence-electron chi connectivity index (χ2n) is 15.3. The van der Waals surface area contributed by atoms with Crippen molar-refractivity contribution >= 4 is 44.8 Å². The van der Waals surface area contributed by atoms with Gasteiger partial charge in [-0.25, -0.2) is 0 Å². The minimum absolute atomic E-state index is 0.152. The van der Waals surface area contributed by atoms with E-state index in [1.54, 1.807) is 0 Å². The molecule has 0 saturated heterocycles. The van der Waals surface area contributed by atoms with Gasteiger partial charge in [-0.15, -0.1) is 0 Å². The molecule has 0 heteroatoms. The maximum atomic E-state index is 2.52. The molecule has 8 aromatic rings. The first kappa shape index (κ1) is 31.5. The molecule has 2 atom stereocenters. The summed E-state index contributed by atoms with van der Waals surface area (Å²) in [6.45, 7) is 5.05. The number of allylic oxidation sites excluding steroid dienone is 2. The van der Waals surface area contributed by atoms with Crippen LogP contribution in [0, 0.1) is 5.41 Å². The summed E-state index contributed by atoms with van der Waals surface area (Å²) < 4.78 is 0. The van der Waals surface area contributed by atoms with Gasteiger partial charge in [-0.3, -0.25) is 0 Å². The van der Waals surface area contributed by atoms with Gasteiger partial charge in [0.15, 0.2) is 0 Å². The Morgan fingerprint density at radius 3 is 1.15 bits per heavy atom. The molecule has 0 N–H and O–H groups in total. The van der Waals surface area contributed by atoms with Crippen LogP contribution in [0.2, 0.25) is 0 Å². The lowest BCUT2D eigenvalue weighted by molar-refractivity contribution is 0.304. The normalized spacial score (nSPS) is 16.3. The number of benzene rings is 8. The predicted octanol–water partition coefficient (Wildman–Crippen LogP) is 14.3. The third kappa shape index (κ3) is 5.05. The van der Waals surface area contributed by atoms with Gasteiger partial charge in [0.25, 0.3) is 0 Å². The van der Waals surface area contributed by atoms with Crippen molar-refractivity contribution < 1.29 is 0 Å². The minimum Gasteiger partial charge on any atom is -0.0622 e. The molecule has 0 radical (unpaired) electrons. The molecular formula is C53H40. The molecule has 0 fully saturated rings. The summed E-state index contributed by atoms with van der Waals surface area (Å²) in [5.74, 6) is 0.304. The molecule has 8 aromatic carbocycles. The Kier molecular flexibility index (Phi) is 7.41. The van der Waals surface area contributed by atoms with Crippen molar-refractivity contribution in [1.82, 2.24) is 0 Å². The van der Waals surface area contributed by atoms with E-state index in [4.69, 9.17) is 0 Å². The Morgan fingerprint density at radius 1 is 0.340 bits per heavy atom. The molecule has 0 nitrogen and oxygen atoms in total. The van der Waals surface area contributed by atoms with Crippen LogP contribution < -0.4 is 0 Å². The summed E-state index contributed by atoms with van der Waals surface area (Å²) in [7, 11) is 0. The summed E-state index contributed by atoms with van der Waals surface area (Å²) in [4.78, 5) is 0. The van der Waals surface area contributed by atoms with E-state index in [0.29, 0.717) is 0 Å². The lowest BCUT2D eigenvalue weighted by Crippen LogP contribution is -2.30. The number of rotatable bonds is 6. The number of hydrogen-bond acceptors (Lipinski definition) is 0. The van der Waals surface area contributed by atoms with Gasteiger partial charge in [-0.05, 0) is 106 Å². The van der Waals surface area contributed by atoms with Crippen molar-refractivity contribution in [2.24, 2.45) is 5.41 Å². The van der Waals surface area contributed by atoms with Crippen LogP contribution >= 0.6 is 0 Å². The molecule has 2 unspecified atom stereocenters. The highest BCUT2D eigenvalue weighted by molar-refractivity contribution is 6.05. The molecule has 0 bridgehead atoms. The third-order valence-corrected chi connectivity index (χ3v) is 12.0. The third-order valence-electron chi connectivity index (χ3n) is 12.0. The molecule has 0 saturated carbocycles. The molecule has 2 aliphatic rings. The maximum absolute atomic E-state index is 2.52. The first-order chi connectivity index (χ1) is 26.1. The van der Waals surface area contributed by atoms with Crippen molar-refractivity contribution in [3.63, 3.8) is 0 Å². The summed E-state index contributed by atoms with van der Waals surface area (Å²) in [6.07, 6.45) is 5.03. The van der Waals surface area contributed by atoms with E-state index < -0.39 is 0 Å². The molecule has 0 aliphatic heterocycles. The summed E-state index contributed by atoms with van der Waals surface area (Å²) in [5.41, 5.74) is 15.8. The van der Waals surface area contributed by atoms with E-state index in [-0.39, 0.29) is 17.3 Å². The van der Waals surface area contributed by atoms with Gasteiger partial charge in [0.1, 0.15) is 0 Å². The first-order valence-corrected chi connectivity index (χ1v) is 18.8. The van der Waals surface area contributed by atoms with Crippen molar-refractivity contribution in [1.29, 1.82) is 0 Å². The van der Waals surface area contributed by atoms with Gasteiger partial charge in [0, 0.05) is 11.8 Å². The summed E-state index contributed by atoms with van der Waals surface area (Å²) in [5, 5.41) is 5.13. The van der Waals surface area contributed by atoms with Crippen LogP contribution in [0.4, 0.5) is 0 Å². The minimum atomic E-state index is -0.214. The fourth-order valence-corrected chi connectivity index (χ4v) is 9.73. The van der Waals surface area contributed by atoms with Gasteiger partial charge in [0.2, 0.25) is 0 Å². The zero-order valence-electron chi connectivity index (χ0n) is 30.1. The van der Waals surface area contributed by atoms with E-state index in [0.717, 1.165) is 0 Å². The highest BCUT2D eigenvalue weighted by atomic mass is 14.5. The van der Waals surface area contributed by atoms with Gasteiger partial charge in [-0.2, -0.15) is 0 Å². The molecule has 0 heterocycles. The van der Waals surface area contributed by atoms with Gasteiger partial charge in [0.05, 0.1) is 0 Å². The van der Waals surface area contributed by atoms with Crippen molar-refractivity contribution in [3.8, 4) is 22.3 Å². The second-order valence-corrected chi connectivity index (χ2v) is 15.3. The van der Waals surface area contributed by atoms with Crippen molar-refractivity contribution in [2.45, 2.75) is 25.7 Å². The quantitative estimate of drug-likeness (QED) is 0.164. The Hall–Kier alpha value is -6.24. The Balaban J connectivity index is 1.20. The van der Waals surface area contributed by atoms with E-state index in [1.165, 1.54) is 88.3 Å². The van der Waals surface area contributed by atoms with E-state index in [1.807, 2.05) is 0 Å². The van der Waals surface area contributed by atoms with Crippen LogP contribution in [0.1, 0.15) is 59.1 Å². The number of fused-ring (bicyclic) bond motifs is 4. The first-order valence-electron chi connectivity index (χ1n) is 18.8.